The van der Waals surface area contributed by atoms with Crippen molar-refractivity contribution in [3.05, 3.63) is 125 Å². The summed E-state index contributed by atoms with van der Waals surface area (Å²) in [6, 6.07) is 26.9. The summed E-state index contributed by atoms with van der Waals surface area (Å²) < 4.78 is 36.8. The molecule has 2 aliphatic rings. The maximum Gasteiger partial charge on any atom is 0.280 e. The molecule has 6 rings (SSSR count). The molecule has 2 N–H and O–H groups in total. The number of hydrogen-bond acceptors (Lipinski definition) is 6. The van der Waals surface area contributed by atoms with Gasteiger partial charge in [0, 0.05) is 42.8 Å². The molecule has 1 fully saturated rings. The van der Waals surface area contributed by atoms with Crippen LogP contribution in [-0.4, -0.2) is 35.5 Å². The number of benzene rings is 3. The van der Waals surface area contributed by atoms with E-state index >= 15 is 0 Å². The van der Waals surface area contributed by atoms with Gasteiger partial charge < -0.3 is 19.2 Å². The minimum absolute atomic E-state index is 0.0551. The summed E-state index contributed by atoms with van der Waals surface area (Å²) >= 11 is 0. The minimum Gasteiger partial charge on any atom is -0.512 e. The van der Waals surface area contributed by atoms with Crippen LogP contribution in [0.5, 0.6) is 0 Å². The van der Waals surface area contributed by atoms with E-state index in [4.69, 9.17) is 4.74 Å². The summed E-state index contributed by atoms with van der Waals surface area (Å²) in [6.07, 6.45) is 5.74. The molecule has 42 heavy (non-hydrogen) atoms. The first kappa shape index (κ1) is 27.9. The molecule has 1 aromatic heterocycles. The molecule has 0 amide bonds. The molecule has 0 radical (unpaired) electrons. The van der Waals surface area contributed by atoms with Crippen molar-refractivity contribution >= 4 is 22.0 Å². The van der Waals surface area contributed by atoms with E-state index in [0.717, 1.165) is 41.4 Å². The Morgan fingerprint density at radius 1 is 1.02 bits per heavy atom. The average molecular weight is 584 g/mol. The molecule has 1 aliphatic heterocycles. The zero-order valence-corrected chi connectivity index (χ0v) is 24.1. The van der Waals surface area contributed by atoms with Crippen molar-refractivity contribution in [1.82, 2.24) is 9.55 Å². The van der Waals surface area contributed by atoms with Gasteiger partial charge in [-0.25, -0.2) is 4.98 Å². The number of ether oxygens (including phenoxy) is 1. The molecule has 1 aliphatic carbocycles. The third-order valence-corrected chi connectivity index (χ3v) is 9.55. The maximum absolute atomic E-state index is 12.8. The Bertz CT molecular complexity index is 1690. The molecule has 9 heteroatoms. The lowest BCUT2D eigenvalue weighted by molar-refractivity contribution is -0.117. The van der Waals surface area contributed by atoms with Gasteiger partial charge in [-0.05, 0) is 48.1 Å². The van der Waals surface area contributed by atoms with Gasteiger partial charge in [-0.1, -0.05) is 72.8 Å². The summed E-state index contributed by atoms with van der Waals surface area (Å²) in [4.78, 5) is 15.9. The van der Waals surface area contributed by atoms with E-state index in [2.05, 4.69) is 9.71 Å². The second-order valence-electron chi connectivity index (χ2n) is 11.2. The number of sulfonamides is 1. The fourth-order valence-corrected chi connectivity index (χ4v) is 7.28. The van der Waals surface area contributed by atoms with Gasteiger partial charge in [0.25, 0.3) is 10.0 Å². The second-order valence-corrected chi connectivity index (χ2v) is 12.9. The predicted molar refractivity (Wildman–Crippen MR) is 159 cm³/mol. The normalized spacial score (nSPS) is 19.3. The van der Waals surface area contributed by atoms with Gasteiger partial charge in [-0.2, -0.15) is 8.42 Å². The number of aliphatic hydroxyl groups excluding tert-OH is 1. The summed E-state index contributed by atoms with van der Waals surface area (Å²) in [5.41, 5.74) is 2.63. The zero-order chi connectivity index (χ0) is 29.4. The zero-order valence-electron chi connectivity index (χ0n) is 23.3. The third-order valence-electron chi connectivity index (χ3n) is 8.29. The lowest BCUT2D eigenvalue weighted by Crippen LogP contribution is -2.43. The monoisotopic (exact) mass is 583 g/mol. The number of carbonyl (C=O) groups excluding carboxylic acids is 1. The highest BCUT2D eigenvalue weighted by atomic mass is 32.2. The molecule has 0 saturated heterocycles. The van der Waals surface area contributed by atoms with Crippen LogP contribution in [0.1, 0.15) is 42.4 Å². The number of hydrogen-bond donors (Lipinski definition) is 2. The van der Waals surface area contributed by atoms with Crippen LogP contribution in [0, 0.1) is 5.41 Å². The fourth-order valence-electron chi connectivity index (χ4n) is 6.25. The molecule has 0 spiro atoms. The predicted octanol–water partition coefficient (Wildman–Crippen LogP) is 5.68. The number of rotatable bonds is 10. The minimum atomic E-state index is -3.84. The Labute approximate surface area is 245 Å². The highest BCUT2D eigenvalue weighted by molar-refractivity contribution is 7.92. The molecule has 1 saturated carbocycles. The number of imidazole rings is 1. The van der Waals surface area contributed by atoms with Crippen LogP contribution in [0.2, 0.25) is 0 Å². The van der Waals surface area contributed by atoms with Crippen molar-refractivity contribution in [1.29, 1.82) is 0 Å². The Balaban J connectivity index is 1.33. The molecule has 4 aromatic rings. The highest BCUT2D eigenvalue weighted by Crippen LogP contribution is 2.60. The second kappa shape index (κ2) is 10.9. The topological polar surface area (TPSA) is 111 Å². The van der Waals surface area contributed by atoms with Gasteiger partial charge in [0.2, 0.25) is 0 Å². The van der Waals surface area contributed by atoms with E-state index in [9.17, 15) is 18.3 Å². The van der Waals surface area contributed by atoms with Gasteiger partial charge in [0.1, 0.15) is 11.9 Å². The number of aromatic nitrogens is 2. The Hall–Kier alpha value is -4.21. The summed E-state index contributed by atoms with van der Waals surface area (Å²) in [5.74, 6) is 0.255. The van der Waals surface area contributed by atoms with Crippen molar-refractivity contribution in [2.45, 2.75) is 48.8 Å². The SMILES string of the molecule is Cn1cnc(S(=O)(=O)Nc2cccc(CC3(C4=C(O)CC(c5ccccc5)(c5ccccc5)OC4CC=O)CC3)c2)c1. The number of aryl methyl sites for hydroxylation is 1. The highest BCUT2D eigenvalue weighted by Gasteiger charge is 2.55. The largest absolute Gasteiger partial charge is 0.512 e. The molecule has 0 bridgehead atoms. The molecule has 216 valence electrons. The van der Waals surface area contributed by atoms with Gasteiger partial charge >= 0.3 is 0 Å². The number of aldehydes is 1. The molecule has 3 aromatic carbocycles. The first-order valence-electron chi connectivity index (χ1n) is 14.0. The van der Waals surface area contributed by atoms with E-state index < -0.39 is 21.7 Å². The van der Waals surface area contributed by atoms with Gasteiger partial charge in [-0.3, -0.25) is 4.72 Å². The number of aliphatic hydroxyl groups is 1. The van der Waals surface area contributed by atoms with E-state index in [1.54, 1.807) is 17.7 Å². The fraction of sp³-hybridized carbons (Fsp3) is 0.273. The van der Waals surface area contributed by atoms with E-state index in [0.29, 0.717) is 12.1 Å². The average Bonchev–Trinajstić information content (AvgIpc) is 3.60. The van der Waals surface area contributed by atoms with Crippen molar-refractivity contribution in [2.24, 2.45) is 12.5 Å². The van der Waals surface area contributed by atoms with E-state index in [1.165, 1.54) is 12.5 Å². The maximum atomic E-state index is 12.8. The van der Waals surface area contributed by atoms with Crippen LogP contribution in [0.25, 0.3) is 0 Å². The smallest absolute Gasteiger partial charge is 0.280 e. The quantitative estimate of drug-likeness (QED) is 0.233. The van der Waals surface area contributed by atoms with Gasteiger partial charge in [-0.15, -0.1) is 0 Å². The number of carbonyl (C=O) groups is 1. The molecular formula is C33H33N3O5S. The summed E-state index contributed by atoms with van der Waals surface area (Å²) in [7, 11) is -2.13. The van der Waals surface area contributed by atoms with Crippen LogP contribution in [-0.2, 0) is 38.6 Å². The van der Waals surface area contributed by atoms with Gasteiger partial charge in [0.15, 0.2) is 5.03 Å². The van der Waals surface area contributed by atoms with Crippen LogP contribution in [0.4, 0.5) is 5.69 Å². The van der Waals surface area contributed by atoms with Crippen LogP contribution in [0.15, 0.2) is 114 Å². The van der Waals surface area contributed by atoms with Crippen LogP contribution >= 0.6 is 0 Å². The van der Waals surface area contributed by atoms with Gasteiger partial charge in [0.05, 0.1) is 18.2 Å². The van der Waals surface area contributed by atoms with Crippen molar-refractivity contribution in [3.8, 4) is 0 Å². The van der Waals surface area contributed by atoms with E-state index in [1.807, 2.05) is 78.9 Å². The van der Waals surface area contributed by atoms with Crippen molar-refractivity contribution < 1.29 is 23.1 Å². The number of nitrogens with zero attached hydrogens (tertiary/aromatic N) is 2. The molecule has 2 heterocycles. The molecule has 1 atom stereocenters. The molecule has 8 nitrogen and oxygen atoms in total. The van der Waals surface area contributed by atoms with Crippen molar-refractivity contribution in [2.75, 3.05) is 4.72 Å². The number of nitrogens with one attached hydrogen (secondary N) is 1. The Morgan fingerprint density at radius 2 is 1.69 bits per heavy atom. The third kappa shape index (κ3) is 5.26. The Kier molecular flexibility index (Phi) is 7.24. The molecule has 1 unspecified atom stereocenters. The standard InChI is InChI=1S/C33H33N3O5S/c1-36-22-30(34-23-36)42(39,40)35-27-14-8-9-24(19-27)20-32(16-17-32)31-28(38)21-33(41-29(31)15-18-37,25-10-4-2-5-11-25)26-12-6-3-7-13-26/h2-14,18-19,22-23,29,35,38H,15-17,20-21H2,1H3. The summed E-state index contributed by atoms with van der Waals surface area (Å²) in [6.45, 7) is 0. The van der Waals surface area contributed by atoms with Crippen LogP contribution in [0.3, 0.4) is 0 Å². The first-order chi connectivity index (χ1) is 20.2. The molecular weight excluding hydrogens is 550 g/mol. The lowest BCUT2D eigenvalue weighted by atomic mass is 9.75. The lowest BCUT2D eigenvalue weighted by Gasteiger charge is -2.44. The Morgan fingerprint density at radius 3 is 2.26 bits per heavy atom. The van der Waals surface area contributed by atoms with E-state index in [-0.39, 0.29) is 29.0 Å². The summed E-state index contributed by atoms with van der Waals surface area (Å²) in [5, 5.41) is 11.7. The first-order valence-corrected chi connectivity index (χ1v) is 15.5. The van der Waals surface area contributed by atoms with Crippen molar-refractivity contribution in [3.63, 3.8) is 0 Å². The van der Waals surface area contributed by atoms with Crippen LogP contribution < -0.4 is 4.72 Å². The number of anilines is 1.